The zero-order valence-electron chi connectivity index (χ0n) is 10.3. The summed E-state index contributed by atoms with van der Waals surface area (Å²) in [5.41, 5.74) is 6.20. The van der Waals surface area contributed by atoms with E-state index >= 15 is 0 Å². The number of rotatable bonds is 3. The first kappa shape index (κ1) is 12.1. The molecule has 0 radical (unpaired) electrons. The number of H-pyrrole nitrogens is 1. The van der Waals surface area contributed by atoms with Gasteiger partial charge in [0.25, 0.3) is 5.56 Å². The molecule has 0 aromatic carbocycles. The molecule has 2 rings (SSSR count). The highest BCUT2D eigenvalue weighted by atomic mass is 16.1. The lowest BCUT2D eigenvalue weighted by molar-refractivity contribution is 0.372. The number of nitrogen functional groups attached to an aromatic ring is 1. The van der Waals surface area contributed by atoms with Crippen LogP contribution in [0.4, 0.5) is 5.82 Å². The van der Waals surface area contributed by atoms with E-state index in [9.17, 15) is 4.79 Å². The molecule has 17 heavy (non-hydrogen) atoms. The van der Waals surface area contributed by atoms with Crippen molar-refractivity contribution >= 4 is 5.82 Å². The molecule has 4 N–H and O–H groups in total. The number of nitrogens with one attached hydrogen (secondary N) is 2. The van der Waals surface area contributed by atoms with Crippen LogP contribution in [0, 0.1) is 6.92 Å². The maximum absolute atomic E-state index is 11.7. The van der Waals surface area contributed by atoms with E-state index in [0.29, 0.717) is 29.8 Å². The van der Waals surface area contributed by atoms with E-state index in [2.05, 4.69) is 15.3 Å². The zero-order chi connectivity index (χ0) is 12.3. The van der Waals surface area contributed by atoms with Crippen molar-refractivity contribution in [2.45, 2.75) is 51.6 Å². The molecule has 0 saturated heterocycles. The van der Waals surface area contributed by atoms with E-state index in [0.717, 1.165) is 0 Å². The minimum absolute atomic E-state index is 0.127. The van der Waals surface area contributed by atoms with Gasteiger partial charge in [0, 0.05) is 12.6 Å². The van der Waals surface area contributed by atoms with E-state index in [1.165, 1.54) is 32.1 Å². The van der Waals surface area contributed by atoms with E-state index in [-0.39, 0.29) is 5.56 Å². The van der Waals surface area contributed by atoms with Gasteiger partial charge >= 0.3 is 0 Å². The molecule has 1 heterocycles. The number of anilines is 1. The molecule has 1 saturated carbocycles. The molecule has 0 unspecified atom stereocenters. The normalized spacial score (nSPS) is 17.2. The first-order chi connectivity index (χ1) is 8.16. The Kier molecular flexibility index (Phi) is 3.78. The molecule has 0 amide bonds. The van der Waals surface area contributed by atoms with Crippen molar-refractivity contribution in [3.05, 3.63) is 21.7 Å². The Labute approximate surface area is 101 Å². The highest BCUT2D eigenvalue weighted by Gasteiger charge is 2.14. The summed E-state index contributed by atoms with van der Waals surface area (Å²) in [4.78, 5) is 18.5. The Morgan fingerprint density at radius 1 is 1.41 bits per heavy atom. The second-order valence-corrected chi connectivity index (χ2v) is 4.73. The maximum atomic E-state index is 11.7. The summed E-state index contributed by atoms with van der Waals surface area (Å²) in [7, 11) is 0. The lowest BCUT2D eigenvalue weighted by atomic mass is 9.95. The summed E-state index contributed by atoms with van der Waals surface area (Å²) >= 11 is 0. The molecule has 0 bridgehead atoms. The summed E-state index contributed by atoms with van der Waals surface area (Å²) in [6, 6.07) is 0.517. The number of aryl methyl sites for hydroxylation is 1. The van der Waals surface area contributed by atoms with Crippen molar-refractivity contribution in [2.24, 2.45) is 0 Å². The first-order valence-electron chi connectivity index (χ1n) is 6.25. The van der Waals surface area contributed by atoms with Crippen molar-refractivity contribution in [3.63, 3.8) is 0 Å². The fraction of sp³-hybridized carbons (Fsp3) is 0.667. The lowest BCUT2D eigenvalue weighted by Crippen LogP contribution is -2.33. The third-order valence-electron chi connectivity index (χ3n) is 3.34. The molecule has 1 aliphatic rings. The standard InChI is InChI=1S/C12H20N4O/c1-8-15-11(13)10(12(17)16-8)7-14-9-5-3-2-4-6-9/h9,14H,2-7H2,1H3,(H3,13,15,16,17). The number of hydrogen-bond donors (Lipinski definition) is 3. The summed E-state index contributed by atoms with van der Waals surface area (Å²) in [6.07, 6.45) is 6.26. The van der Waals surface area contributed by atoms with E-state index in [1.54, 1.807) is 6.92 Å². The lowest BCUT2D eigenvalue weighted by Gasteiger charge is -2.22. The van der Waals surface area contributed by atoms with Crippen LogP contribution in [-0.2, 0) is 6.54 Å². The average Bonchev–Trinajstić information content (AvgIpc) is 2.29. The highest BCUT2D eigenvalue weighted by molar-refractivity contribution is 5.37. The van der Waals surface area contributed by atoms with Gasteiger partial charge in [-0.15, -0.1) is 0 Å². The third-order valence-corrected chi connectivity index (χ3v) is 3.34. The van der Waals surface area contributed by atoms with Crippen molar-refractivity contribution in [3.8, 4) is 0 Å². The van der Waals surface area contributed by atoms with E-state index in [1.807, 2.05) is 0 Å². The Morgan fingerprint density at radius 3 is 2.76 bits per heavy atom. The van der Waals surface area contributed by atoms with Crippen molar-refractivity contribution in [1.82, 2.24) is 15.3 Å². The predicted molar refractivity (Wildman–Crippen MR) is 67.7 cm³/mol. The smallest absolute Gasteiger partial charge is 0.257 e. The molecule has 0 atom stereocenters. The number of aromatic nitrogens is 2. The van der Waals surface area contributed by atoms with Crippen LogP contribution in [0.25, 0.3) is 0 Å². The molecular formula is C12H20N4O. The Morgan fingerprint density at radius 2 is 2.12 bits per heavy atom. The number of nitrogens with two attached hydrogens (primary N) is 1. The molecule has 1 aromatic heterocycles. The average molecular weight is 236 g/mol. The van der Waals surface area contributed by atoms with Gasteiger partial charge in [0.2, 0.25) is 0 Å². The topological polar surface area (TPSA) is 83.8 Å². The van der Waals surface area contributed by atoms with Gasteiger partial charge in [-0.05, 0) is 19.8 Å². The summed E-state index contributed by atoms with van der Waals surface area (Å²) in [6.45, 7) is 2.25. The molecule has 5 heteroatoms. The minimum atomic E-state index is -0.127. The fourth-order valence-electron chi connectivity index (χ4n) is 2.36. The van der Waals surface area contributed by atoms with E-state index < -0.39 is 0 Å². The van der Waals surface area contributed by atoms with Gasteiger partial charge in [-0.3, -0.25) is 4.79 Å². The first-order valence-corrected chi connectivity index (χ1v) is 6.25. The predicted octanol–water partition coefficient (Wildman–Crippen LogP) is 1.08. The molecule has 1 aromatic rings. The molecule has 0 aliphatic heterocycles. The zero-order valence-corrected chi connectivity index (χ0v) is 10.3. The largest absolute Gasteiger partial charge is 0.383 e. The van der Waals surface area contributed by atoms with Crippen LogP contribution in [0.2, 0.25) is 0 Å². The van der Waals surface area contributed by atoms with Crippen LogP contribution in [0.5, 0.6) is 0 Å². The third kappa shape index (κ3) is 3.06. The van der Waals surface area contributed by atoms with Gasteiger partial charge in [0.1, 0.15) is 11.6 Å². The Hall–Kier alpha value is -1.36. The number of aromatic amines is 1. The van der Waals surface area contributed by atoms with E-state index in [4.69, 9.17) is 5.73 Å². The van der Waals surface area contributed by atoms with Crippen molar-refractivity contribution in [1.29, 1.82) is 0 Å². The second kappa shape index (κ2) is 5.31. The Bertz CT molecular complexity index is 435. The summed E-state index contributed by atoms with van der Waals surface area (Å²) < 4.78 is 0. The van der Waals surface area contributed by atoms with Crippen LogP contribution in [-0.4, -0.2) is 16.0 Å². The Balaban J connectivity index is 2.01. The fourth-order valence-corrected chi connectivity index (χ4v) is 2.36. The van der Waals surface area contributed by atoms with Gasteiger partial charge < -0.3 is 16.0 Å². The minimum Gasteiger partial charge on any atom is -0.383 e. The van der Waals surface area contributed by atoms with Crippen molar-refractivity contribution in [2.75, 3.05) is 5.73 Å². The van der Waals surface area contributed by atoms with Gasteiger partial charge in [-0.1, -0.05) is 19.3 Å². The molecule has 5 nitrogen and oxygen atoms in total. The number of nitrogens with zero attached hydrogens (tertiary/aromatic N) is 1. The summed E-state index contributed by atoms with van der Waals surface area (Å²) in [5, 5.41) is 3.40. The quantitative estimate of drug-likeness (QED) is 0.733. The number of hydrogen-bond acceptors (Lipinski definition) is 4. The van der Waals surface area contributed by atoms with Crippen molar-refractivity contribution < 1.29 is 0 Å². The van der Waals surface area contributed by atoms with Crippen LogP contribution in [0.1, 0.15) is 43.5 Å². The van der Waals surface area contributed by atoms with Gasteiger partial charge in [0.15, 0.2) is 0 Å². The van der Waals surface area contributed by atoms with Crippen LogP contribution >= 0.6 is 0 Å². The molecule has 1 fully saturated rings. The van der Waals surface area contributed by atoms with Crippen LogP contribution in [0.15, 0.2) is 4.79 Å². The van der Waals surface area contributed by atoms with Gasteiger partial charge in [-0.25, -0.2) is 4.98 Å². The van der Waals surface area contributed by atoms with Gasteiger partial charge in [-0.2, -0.15) is 0 Å². The molecule has 94 valence electrons. The molecular weight excluding hydrogens is 216 g/mol. The highest BCUT2D eigenvalue weighted by Crippen LogP contribution is 2.17. The second-order valence-electron chi connectivity index (χ2n) is 4.73. The van der Waals surface area contributed by atoms with Crippen LogP contribution in [0.3, 0.4) is 0 Å². The maximum Gasteiger partial charge on any atom is 0.257 e. The van der Waals surface area contributed by atoms with Gasteiger partial charge in [0.05, 0.1) is 5.56 Å². The SMILES string of the molecule is Cc1nc(N)c(CNC2CCCCC2)c(=O)[nH]1. The molecule has 1 aliphatic carbocycles. The molecule has 0 spiro atoms. The van der Waals surface area contributed by atoms with Crippen LogP contribution < -0.4 is 16.6 Å². The summed E-state index contributed by atoms with van der Waals surface area (Å²) in [5.74, 6) is 0.906. The monoisotopic (exact) mass is 236 g/mol.